The molecular formula is C69H106N12O13. The van der Waals surface area contributed by atoms with Gasteiger partial charge >= 0.3 is 0 Å². The molecule has 0 aliphatic carbocycles. The molecular weight excluding hydrogens is 1200 g/mol. The molecule has 2 aromatic carbocycles. The molecule has 25 nitrogen and oxygen atoms in total. The Kier molecular flexibility index (Phi) is 29.0. The second kappa shape index (κ2) is 35.5. The summed E-state index contributed by atoms with van der Waals surface area (Å²) in [5, 5.41) is 30.6. The number of likely N-dealkylation sites (N-methyl/N-ethyl adjacent to an activating group) is 3. The fourth-order valence-corrected chi connectivity index (χ4v) is 12.5. The van der Waals surface area contributed by atoms with Crippen LogP contribution in [0.4, 0.5) is 0 Å². The van der Waals surface area contributed by atoms with Crippen LogP contribution < -0.4 is 37.2 Å². The Balaban J connectivity index is 1.62. The van der Waals surface area contributed by atoms with Gasteiger partial charge in [-0.25, -0.2) is 0 Å². The summed E-state index contributed by atoms with van der Waals surface area (Å²) < 4.78 is 0. The van der Waals surface area contributed by atoms with Crippen LogP contribution in [0.5, 0.6) is 0 Å². The summed E-state index contributed by atoms with van der Waals surface area (Å²) in [6, 6.07) is 5.63. The summed E-state index contributed by atoms with van der Waals surface area (Å²) in [6.07, 6.45) is 1.11. The van der Waals surface area contributed by atoms with Crippen molar-refractivity contribution in [2.24, 2.45) is 23.7 Å². The van der Waals surface area contributed by atoms with Crippen LogP contribution >= 0.6 is 0 Å². The van der Waals surface area contributed by atoms with Crippen LogP contribution in [0.2, 0.25) is 0 Å². The van der Waals surface area contributed by atoms with Gasteiger partial charge in [0.2, 0.25) is 70.9 Å². The van der Waals surface area contributed by atoms with E-state index in [2.05, 4.69) is 37.2 Å². The number of nitrogens with zero attached hydrogens (tertiary/aromatic N) is 5. The van der Waals surface area contributed by atoms with Crippen molar-refractivity contribution in [2.45, 2.75) is 219 Å². The van der Waals surface area contributed by atoms with Gasteiger partial charge in [-0.15, -0.1) is 0 Å². The highest BCUT2D eigenvalue weighted by atomic mass is 16.3. The van der Waals surface area contributed by atoms with E-state index in [4.69, 9.17) is 0 Å². The van der Waals surface area contributed by atoms with E-state index in [0.29, 0.717) is 49.9 Å². The van der Waals surface area contributed by atoms with Crippen LogP contribution in [0.3, 0.4) is 0 Å². The van der Waals surface area contributed by atoms with Crippen LogP contribution in [-0.4, -0.2) is 214 Å². The number of carbonyl (C=O) groups excluding carboxylic acids is 12. The molecule has 3 saturated heterocycles. The molecule has 12 amide bonds. The topological polar surface area (TPSA) is 325 Å². The number of piperidine rings is 1. The maximum atomic E-state index is 15.2. The second-order valence-electron chi connectivity index (χ2n) is 27.3. The van der Waals surface area contributed by atoms with Crippen molar-refractivity contribution in [1.82, 2.24) is 61.7 Å². The Morgan fingerprint density at radius 2 is 1.09 bits per heavy atom. The fourth-order valence-electron chi connectivity index (χ4n) is 12.5. The number of aliphatic hydroxyl groups excluding tert-OH is 1. The van der Waals surface area contributed by atoms with E-state index >= 15 is 19.2 Å². The molecule has 3 aliphatic heterocycles. The lowest BCUT2D eigenvalue weighted by Gasteiger charge is -2.44. The summed E-state index contributed by atoms with van der Waals surface area (Å²) in [4.78, 5) is 183. The van der Waals surface area contributed by atoms with Gasteiger partial charge in [0.25, 0.3) is 0 Å². The number of aliphatic hydroxyl groups is 1. The van der Waals surface area contributed by atoms with Gasteiger partial charge in [0, 0.05) is 53.6 Å². The number of hydrogen-bond acceptors (Lipinski definition) is 13. The number of carbonyl (C=O) groups is 12. The van der Waals surface area contributed by atoms with Crippen LogP contribution in [0, 0.1) is 23.7 Å². The standard InChI is InChI=1S/C69H106N12O13/c1-15-44(8)69(11)68(94)76-58(46(10)82)63(89)75-51(38-48-28-21-17-22-29-48)67(93)81-33-25-30-53(81)60(86)70-40-57(84)77(12)54(35-42(4)5)61(87)74-52(66(92)80-31-23-18-24-32-80)39-56(83)71-45(9)59(85)72-50(37-47-26-19-16-20-27-47)64(90)78(13)55(36-43(6)7)62(88)73-49(34-41(2)3)65(91)79(69)14/h16-17,19-22,26-29,41-46,49-55,58,82H,15,18,23-25,30-40H2,1-14H3,(H,70,86)(H,71,83)(H,72,85)(H,73,88)(H,74,87)(H,75,89)(H,76,94)/t44-,45+,46+,49-,50-,51-,52-,53-,54-,55-,58-,69?/m0/s1. The molecule has 0 saturated carbocycles. The van der Waals surface area contributed by atoms with E-state index in [1.54, 1.807) is 72.5 Å². The number of hydrogen-bond donors (Lipinski definition) is 8. The van der Waals surface area contributed by atoms with Crippen molar-refractivity contribution in [3.05, 3.63) is 71.8 Å². The van der Waals surface area contributed by atoms with E-state index in [-0.39, 0.29) is 62.8 Å². The van der Waals surface area contributed by atoms with Crippen molar-refractivity contribution in [2.75, 3.05) is 47.3 Å². The highest BCUT2D eigenvalue weighted by Gasteiger charge is 2.49. The maximum absolute atomic E-state index is 15.2. The van der Waals surface area contributed by atoms with Crippen LogP contribution in [0.1, 0.15) is 151 Å². The Morgan fingerprint density at radius 1 is 0.574 bits per heavy atom. The molecule has 0 bridgehead atoms. The molecule has 3 heterocycles. The predicted molar refractivity (Wildman–Crippen MR) is 354 cm³/mol. The van der Waals surface area contributed by atoms with Crippen molar-refractivity contribution in [1.29, 1.82) is 0 Å². The number of rotatable bonds is 14. The van der Waals surface area contributed by atoms with Gasteiger partial charge in [-0.05, 0) is 107 Å². The van der Waals surface area contributed by atoms with E-state index in [0.717, 1.165) is 11.3 Å². The van der Waals surface area contributed by atoms with Gasteiger partial charge in [0.15, 0.2) is 0 Å². The zero-order chi connectivity index (χ0) is 69.9. The summed E-state index contributed by atoms with van der Waals surface area (Å²) in [5.74, 6) is -9.96. The fraction of sp³-hybridized carbons (Fsp3) is 0.652. The monoisotopic (exact) mass is 1310 g/mol. The van der Waals surface area contributed by atoms with Crippen molar-refractivity contribution < 1.29 is 62.6 Å². The molecule has 94 heavy (non-hydrogen) atoms. The van der Waals surface area contributed by atoms with Crippen LogP contribution in [-0.2, 0) is 70.4 Å². The maximum Gasteiger partial charge on any atom is 0.246 e. The average molecular weight is 1310 g/mol. The minimum atomic E-state index is -1.76. The third kappa shape index (κ3) is 20.8. The highest BCUT2D eigenvalue weighted by Crippen LogP contribution is 2.30. The third-order valence-corrected chi connectivity index (χ3v) is 18.6. The first-order chi connectivity index (χ1) is 44.3. The van der Waals surface area contributed by atoms with Crippen molar-refractivity contribution >= 4 is 70.9 Å². The minimum Gasteiger partial charge on any atom is -0.391 e. The Labute approximate surface area is 555 Å². The second-order valence-corrected chi connectivity index (χ2v) is 27.3. The Hall–Kier alpha value is -7.96. The Bertz CT molecular complexity index is 2960. The molecule has 3 aliphatic rings. The smallest absolute Gasteiger partial charge is 0.246 e. The van der Waals surface area contributed by atoms with E-state index in [1.165, 1.54) is 56.6 Å². The van der Waals surface area contributed by atoms with Gasteiger partial charge in [-0.2, -0.15) is 0 Å². The molecule has 8 N–H and O–H groups in total. The lowest BCUT2D eigenvalue weighted by atomic mass is 9.81. The Morgan fingerprint density at radius 3 is 1.62 bits per heavy atom. The van der Waals surface area contributed by atoms with E-state index < -0.39 is 156 Å². The minimum absolute atomic E-state index is 0.0512. The molecule has 0 radical (unpaired) electrons. The number of likely N-dealkylation sites (tertiary alicyclic amines) is 1. The number of fused-ring (bicyclic) bond motifs is 1. The molecule has 1 unspecified atom stereocenters. The van der Waals surface area contributed by atoms with E-state index in [9.17, 15) is 43.5 Å². The molecule has 520 valence electrons. The molecule has 2 aromatic rings. The number of nitrogens with one attached hydrogen (secondary N) is 7. The highest BCUT2D eigenvalue weighted by molar-refractivity contribution is 6.01. The van der Waals surface area contributed by atoms with Gasteiger partial charge < -0.3 is 66.8 Å². The molecule has 0 spiro atoms. The first-order valence-electron chi connectivity index (χ1n) is 33.5. The lowest BCUT2D eigenvalue weighted by molar-refractivity contribution is -0.153. The third-order valence-electron chi connectivity index (χ3n) is 18.6. The molecule has 25 heteroatoms. The van der Waals surface area contributed by atoms with Crippen LogP contribution in [0.15, 0.2) is 60.7 Å². The average Bonchev–Trinajstić information content (AvgIpc) is 0.864. The number of amides is 12. The van der Waals surface area contributed by atoms with E-state index in [1.807, 2.05) is 48.5 Å². The van der Waals surface area contributed by atoms with Crippen molar-refractivity contribution in [3.63, 3.8) is 0 Å². The van der Waals surface area contributed by atoms with Gasteiger partial charge in [0.1, 0.15) is 59.9 Å². The zero-order valence-corrected chi connectivity index (χ0v) is 57.8. The molecule has 0 aromatic heterocycles. The largest absolute Gasteiger partial charge is 0.391 e. The van der Waals surface area contributed by atoms with Gasteiger partial charge in [-0.3, -0.25) is 57.5 Å². The molecule has 5 rings (SSSR count). The van der Waals surface area contributed by atoms with Gasteiger partial charge in [0.05, 0.1) is 19.1 Å². The SMILES string of the molecule is CC[C@H](C)C1(C)C(=O)N[C@@H]([C@@H](C)O)C(=O)N[C@@H](Cc2ccccc2)C(=O)N2CCC[C@H]2C(=O)NCC(=O)N(C)[C@@H](CC(C)C)C(=O)N[C@H](C(=O)N2CCCCC2)CC(=O)N[C@H](C)C(=O)N[C@@H](Cc2ccccc2)C(=O)N(C)[C@@H](CC(C)C)C(=O)N[C@@H](CC(C)C)C(=O)N1C. The van der Waals surface area contributed by atoms with Crippen LogP contribution in [0.25, 0.3) is 0 Å². The summed E-state index contributed by atoms with van der Waals surface area (Å²) in [5.41, 5.74) is -0.488. The quantitative estimate of drug-likeness (QED) is 0.135. The molecule has 12 atom stereocenters. The predicted octanol–water partition coefficient (Wildman–Crippen LogP) is 2.36. The first-order valence-corrected chi connectivity index (χ1v) is 33.5. The summed E-state index contributed by atoms with van der Waals surface area (Å²) in [6.45, 7) is 19.1. The molecule has 3 fully saturated rings. The van der Waals surface area contributed by atoms with Gasteiger partial charge in [-0.1, -0.05) is 122 Å². The summed E-state index contributed by atoms with van der Waals surface area (Å²) in [7, 11) is 4.23. The van der Waals surface area contributed by atoms with Crippen molar-refractivity contribution in [3.8, 4) is 0 Å². The zero-order valence-electron chi connectivity index (χ0n) is 57.8. The number of benzene rings is 2. The lowest BCUT2D eigenvalue weighted by Crippen LogP contribution is -2.67. The normalized spacial score (nSPS) is 27.2. The first kappa shape index (κ1) is 76.7. The summed E-state index contributed by atoms with van der Waals surface area (Å²) >= 11 is 0.